The fourth-order valence-electron chi connectivity index (χ4n) is 3.79. The topological polar surface area (TPSA) is 18.5 Å². The van der Waals surface area contributed by atoms with Crippen molar-refractivity contribution in [3.05, 3.63) is 93.6 Å². The predicted molar refractivity (Wildman–Crippen MR) is 116 cm³/mol. The van der Waals surface area contributed by atoms with Crippen molar-refractivity contribution < 1.29 is 66.5 Å². The maximum absolute atomic E-state index is 14.6. The zero-order valence-electron chi connectivity index (χ0n) is 20.5. The molecule has 0 fully saturated rings. The minimum atomic E-state index is -5.56. The second-order valence-electron chi connectivity index (χ2n) is 8.65. The summed E-state index contributed by atoms with van der Waals surface area (Å²) >= 11 is 0. The lowest BCUT2D eigenvalue weighted by Crippen LogP contribution is -2.27. The molecule has 0 aliphatic carbocycles. The lowest BCUT2D eigenvalue weighted by molar-refractivity contribution is -0.191. The summed E-state index contributed by atoms with van der Waals surface area (Å²) in [6, 6.07) is 0.109. The first-order valence-electron chi connectivity index (χ1n) is 11.5. The fourth-order valence-corrected chi connectivity index (χ4v) is 3.79. The molecule has 0 amide bonds. The van der Waals surface area contributed by atoms with E-state index >= 15 is 0 Å². The van der Waals surface area contributed by atoms with Crippen molar-refractivity contribution in [3.8, 4) is 11.5 Å². The molecule has 2 nitrogen and oxygen atoms in total. The molecular weight excluding hydrogens is 591 g/mol. The van der Waals surface area contributed by atoms with Crippen LogP contribution in [0.1, 0.15) is 48.4 Å². The predicted octanol–water partition coefficient (Wildman–Crippen LogP) is 9.53. The van der Waals surface area contributed by atoms with Gasteiger partial charge in [-0.2, -0.15) is 30.7 Å². The highest BCUT2D eigenvalue weighted by Gasteiger charge is 2.45. The Morgan fingerprint density at radius 1 is 0.512 bits per heavy atom. The fraction of sp³-hybridized carbons (Fsp3) is 0.308. The summed E-state index contributed by atoms with van der Waals surface area (Å²) in [5, 5.41) is 0. The Morgan fingerprint density at radius 3 is 1.20 bits per heavy atom. The second-order valence-corrected chi connectivity index (χ2v) is 8.65. The highest BCUT2D eigenvalue weighted by Crippen LogP contribution is 2.41. The number of benzene rings is 3. The molecule has 0 atom stereocenters. The molecule has 15 heteroatoms. The molecule has 0 radical (unpaired) electrons. The number of aryl methyl sites for hydroxylation is 1. The van der Waals surface area contributed by atoms with Gasteiger partial charge in [0.05, 0.1) is 0 Å². The van der Waals surface area contributed by atoms with Gasteiger partial charge in [0, 0.05) is 24.3 Å². The molecular formula is C26H17F13O2. The number of rotatable bonds is 10. The van der Waals surface area contributed by atoms with Crippen molar-refractivity contribution in [2.75, 3.05) is 0 Å². The van der Waals surface area contributed by atoms with Crippen LogP contribution in [-0.4, -0.2) is 0 Å². The Bertz CT molecular complexity index is 1350. The summed E-state index contributed by atoms with van der Waals surface area (Å²) in [7, 11) is 0. The van der Waals surface area contributed by atoms with E-state index in [1.807, 2.05) is 6.92 Å². The number of ether oxygens (including phenoxy) is 2. The van der Waals surface area contributed by atoms with Gasteiger partial charge in [-0.15, -0.1) is 0 Å². The Kier molecular flexibility index (Phi) is 9.08. The normalized spacial score (nSPS) is 12.5. The minimum absolute atomic E-state index is 0.0458. The third-order valence-corrected chi connectivity index (χ3v) is 5.56. The SMILES string of the molecule is CCCCCc1cc(F)c(C(F)(F)Oc2cc(F)c(C(F)(F)Oc3cc(F)c(C(F)(F)F)c(F)c3)c(F)c2)c(F)c1. The summed E-state index contributed by atoms with van der Waals surface area (Å²) in [5.41, 5.74) is -6.65. The first-order chi connectivity index (χ1) is 18.9. The van der Waals surface area contributed by atoms with Crippen LogP contribution >= 0.6 is 0 Å². The molecule has 0 N–H and O–H groups in total. The summed E-state index contributed by atoms with van der Waals surface area (Å²) < 4.78 is 189. The van der Waals surface area contributed by atoms with E-state index in [9.17, 15) is 57.1 Å². The maximum atomic E-state index is 14.6. The van der Waals surface area contributed by atoms with Crippen molar-refractivity contribution in [2.45, 2.75) is 51.0 Å². The molecule has 0 bridgehead atoms. The number of hydrogen-bond donors (Lipinski definition) is 0. The van der Waals surface area contributed by atoms with Gasteiger partial charge in [0.1, 0.15) is 63.1 Å². The van der Waals surface area contributed by atoms with E-state index in [1.54, 1.807) is 0 Å². The molecule has 3 rings (SSSR count). The Hall–Kier alpha value is -3.65. The first kappa shape index (κ1) is 31.9. The van der Waals surface area contributed by atoms with Crippen molar-refractivity contribution in [1.82, 2.24) is 0 Å². The van der Waals surface area contributed by atoms with E-state index in [-0.39, 0.29) is 36.2 Å². The summed E-state index contributed by atoms with van der Waals surface area (Å²) in [6.45, 7) is 1.86. The van der Waals surface area contributed by atoms with Gasteiger partial charge in [0.25, 0.3) is 0 Å². The largest absolute Gasteiger partial charge is 0.432 e. The van der Waals surface area contributed by atoms with E-state index < -0.39 is 81.5 Å². The minimum Gasteiger partial charge on any atom is -0.429 e. The third kappa shape index (κ3) is 7.17. The van der Waals surface area contributed by atoms with E-state index in [1.165, 1.54) is 0 Å². The van der Waals surface area contributed by atoms with Gasteiger partial charge in [-0.05, 0) is 30.5 Å². The average Bonchev–Trinajstić information content (AvgIpc) is 2.75. The van der Waals surface area contributed by atoms with Gasteiger partial charge in [-0.25, -0.2) is 26.3 Å². The van der Waals surface area contributed by atoms with Crippen LogP contribution in [0.4, 0.5) is 57.1 Å². The smallest absolute Gasteiger partial charge is 0.429 e. The van der Waals surface area contributed by atoms with Crippen LogP contribution in [0, 0.1) is 34.9 Å². The summed E-state index contributed by atoms with van der Waals surface area (Å²) in [4.78, 5) is 0. The number of hydrogen-bond acceptors (Lipinski definition) is 2. The van der Waals surface area contributed by atoms with E-state index in [0.29, 0.717) is 25.0 Å². The van der Waals surface area contributed by atoms with Gasteiger partial charge in [0.15, 0.2) is 0 Å². The van der Waals surface area contributed by atoms with Crippen LogP contribution in [0.5, 0.6) is 11.5 Å². The van der Waals surface area contributed by atoms with Crippen molar-refractivity contribution in [2.24, 2.45) is 0 Å². The van der Waals surface area contributed by atoms with Crippen molar-refractivity contribution >= 4 is 0 Å². The van der Waals surface area contributed by atoms with Crippen LogP contribution in [0.25, 0.3) is 0 Å². The first-order valence-corrected chi connectivity index (χ1v) is 11.5. The number of halogens is 13. The maximum Gasteiger partial charge on any atom is 0.432 e. The molecule has 3 aromatic rings. The van der Waals surface area contributed by atoms with Gasteiger partial charge >= 0.3 is 18.4 Å². The molecule has 0 saturated heterocycles. The number of alkyl halides is 7. The van der Waals surface area contributed by atoms with Gasteiger partial charge in [-0.3, -0.25) is 0 Å². The monoisotopic (exact) mass is 608 g/mol. The zero-order chi connectivity index (χ0) is 30.9. The van der Waals surface area contributed by atoms with Crippen LogP contribution in [0.2, 0.25) is 0 Å². The average molecular weight is 608 g/mol. The molecule has 224 valence electrons. The summed E-state index contributed by atoms with van der Waals surface area (Å²) in [6.07, 6.45) is -13.5. The molecule has 41 heavy (non-hydrogen) atoms. The molecule has 0 spiro atoms. The molecule has 0 heterocycles. The molecule has 3 aromatic carbocycles. The van der Waals surface area contributed by atoms with Gasteiger partial charge in [-0.1, -0.05) is 19.8 Å². The van der Waals surface area contributed by atoms with E-state index in [4.69, 9.17) is 0 Å². The zero-order valence-corrected chi connectivity index (χ0v) is 20.5. The lowest BCUT2D eigenvalue weighted by Gasteiger charge is -2.22. The van der Waals surface area contributed by atoms with Crippen molar-refractivity contribution in [1.29, 1.82) is 0 Å². The Balaban J connectivity index is 1.89. The van der Waals surface area contributed by atoms with Crippen LogP contribution in [0.15, 0.2) is 36.4 Å². The Morgan fingerprint density at radius 2 is 0.854 bits per heavy atom. The molecule has 0 unspecified atom stereocenters. The van der Waals surface area contributed by atoms with Crippen LogP contribution in [0.3, 0.4) is 0 Å². The second kappa shape index (κ2) is 11.7. The van der Waals surface area contributed by atoms with E-state index in [0.717, 1.165) is 6.42 Å². The molecule has 0 aromatic heterocycles. The van der Waals surface area contributed by atoms with Crippen LogP contribution < -0.4 is 9.47 Å². The Labute approximate surface area is 223 Å². The summed E-state index contributed by atoms with van der Waals surface area (Å²) in [5.74, 6) is -16.1. The van der Waals surface area contributed by atoms with Gasteiger partial charge < -0.3 is 9.47 Å². The third-order valence-electron chi connectivity index (χ3n) is 5.56. The molecule has 0 aliphatic heterocycles. The van der Waals surface area contributed by atoms with Crippen molar-refractivity contribution in [3.63, 3.8) is 0 Å². The van der Waals surface area contributed by atoms with Crippen LogP contribution in [-0.2, 0) is 24.8 Å². The highest BCUT2D eigenvalue weighted by atomic mass is 19.4. The standard InChI is InChI=1S/C26H17F13O2/c1-2-3-4-5-12-6-15(27)22(16(28)7-12)25(36,37)41-14-10-19(31)23(20(32)11-14)26(38,39)40-13-8-17(29)21(18(30)9-13)24(33,34)35/h6-11H,2-5H2,1H3. The van der Waals surface area contributed by atoms with E-state index in [2.05, 4.69) is 9.47 Å². The lowest BCUT2D eigenvalue weighted by atomic mass is 10.0. The molecule has 0 aliphatic rings. The highest BCUT2D eigenvalue weighted by molar-refractivity contribution is 5.37. The number of unbranched alkanes of at least 4 members (excludes halogenated alkanes) is 2. The van der Waals surface area contributed by atoms with Gasteiger partial charge in [0.2, 0.25) is 0 Å². The molecule has 0 saturated carbocycles. The quantitative estimate of drug-likeness (QED) is 0.169.